The summed E-state index contributed by atoms with van der Waals surface area (Å²) in [7, 11) is 1.94. The first-order chi connectivity index (χ1) is 13.1. The molecule has 1 atom stereocenters. The Morgan fingerprint density at radius 3 is 2.85 bits per heavy atom. The van der Waals surface area contributed by atoms with E-state index in [1.54, 1.807) is 0 Å². The smallest absolute Gasteiger partial charge is 0.254 e. The van der Waals surface area contributed by atoms with Crippen molar-refractivity contribution in [2.24, 2.45) is 7.05 Å². The zero-order valence-electron chi connectivity index (χ0n) is 15.7. The molecule has 0 radical (unpaired) electrons. The highest BCUT2D eigenvalue weighted by Crippen LogP contribution is 2.31. The number of carbonyl (C=O) groups excluding carboxylic acids is 1. The Bertz CT molecular complexity index is 1120. The lowest BCUT2D eigenvalue weighted by atomic mass is 10.1. The van der Waals surface area contributed by atoms with Gasteiger partial charge >= 0.3 is 0 Å². The normalized spacial score (nSPS) is 12.4. The van der Waals surface area contributed by atoms with Crippen LogP contribution in [0, 0.1) is 0 Å². The summed E-state index contributed by atoms with van der Waals surface area (Å²) in [6.45, 7) is 4.43. The zero-order chi connectivity index (χ0) is 19.0. The third-order valence-corrected chi connectivity index (χ3v) is 4.74. The number of rotatable bonds is 5. The maximum absolute atomic E-state index is 12.8. The molecule has 0 saturated heterocycles. The van der Waals surface area contributed by atoms with Crippen LogP contribution in [0.5, 0.6) is 5.75 Å². The summed E-state index contributed by atoms with van der Waals surface area (Å²) in [5, 5.41) is 4.94. The van der Waals surface area contributed by atoms with Crippen molar-refractivity contribution in [3.63, 3.8) is 0 Å². The van der Waals surface area contributed by atoms with E-state index in [9.17, 15) is 4.79 Å². The van der Waals surface area contributed by atoms with Crippen molar-refractivity contribution >= 4 is 27.8 Å². The Morgan fingerprint density at radius 1 is 1.22 bits per heavy atom. The molecule has 1 amide bonds. The molecule has 1 N–H and O–H groups in total. The summed E-state index contributed by atoms with van der Waals surface area (Å²) in [4.78, 5) is 12.8. The number of hydrogen-bond acceptors (Lipinski definition) is 3. The Balaban J connectivity index is 1.61. The molecule has 5 heteroatoms. The van der Waals surface area contributed by atoms with Crippen molar-refractivity contribution in [2.45, 2.75) is 19.9 Å². The second kappa shape index (κ2) is 6.83. The fraction of sp³-hybridized carbons (Fsp3) is 0.227. The van der Waals surface area contributed by atoms with Crippen LogP contribution < -0.4 is 10.1 Å². The second-order valence-electron chi connectivity index (χ2n) is 6.62. The molecule has 0 bridgehead atoms. The van der Waals surface area contributed by atoms with Gasteiger partial charge in [-0.15, -0.1) is 0 Å². The lowest BCUT2D eigenvalue weighted by Crippen LogP contribution is -2.26. The first-order valence-electron chi connectivity index (χ1n) is 9.08. The van der Waals surface area contributed by atoms with Crippen molar-refractivity contribution in [3.8, 4) is 5.75 Å². The van der Waals surface area contributed by atoms with Crippen molar-refractivity contribution in [2.75, 3.05) is 6.61 Å². The van der Waals surface area contributed by atoms with Crippen molar-refractivity contribution in [3.05, 3.63) is 66.1 Å². The minimum absolute atomic E-state index is 0.121. The molecule has 2 aromatic carbocycles. The highest BCUT2D eigenvalue weighted by atomic mass is 16.5. The van der Waals surface area contributed by atoms with Gasteiger partial charge in [0.2, 0.25) is 0 Å². The quantitative estimate of drug-likeness (QED) is 0.554. The first kappa shape index (κ1) is 17.2. The number of nitrogens with one attached hydrogen (secondary N) is 1. The van der Waals surface area contributed by atoms with E-state index in [1.807, 2.05) is 80.2 Å². The van der Waals surface area contributed by atoms with Gasteiger partial charge in [-0.05, 0) is 32.0 Å². The molecule has 0 aliphatic heterocycles. The van der Waals surface area contributed by atoms with Gasteiger partial charge in [0.25, 0.3) is 5.91 Å². The number of carbonyl (C=O) groups is 1. The fourth-order valence-corrected chi connectivity index (χ4v) is 3.41. The number of fused-ring (bicyclic) bond motifs is 2. The predicted molar refractivity (Wildman–Crippen MR) is 106 cm³/mol. The average Bonchev–Trinajstić information content (AvgIpc) is 3.25. The molecule has 4 aromatic rings. The van der Waals surface area contributed by atoms with Crippen LogP contribution in [0.1, 0.15) is 36.0 Å². The summed E-state index contributed by atoms with van der Waals surface area (Å²) in [6, 6.07) is 15.4. The van der Waals surface area contributed by atoms with E-state index in [0.717, 1.165) is 16.3 Å². The SMILES string of the molecule is CCOc1cccc2cc([C@H](C)NC(=O)c3cn(C)c4ccccc34)oc12. The van der Waals surface area contributed by atoms with Gasteiger partial charge < -0.3 is 19.0 Å². The number of nitrogens with zero attached hydrogens (tertiary/aromatic N) is 1. The van der Waals surface area contributed by atoms with Crippen LogP contribution in [0.2, 0.25) is 0 Å². The second-order valence-corrected chi connectivity index (χ2v) is 6.62. The number of para-hydroxylation sites is 2. The van der Waals surface area contributed by atoms with Crippen molar-refractivity contribution in [1.29, 1.82) is 0 Å². The predicted octanol–water partition coefficient (Wildman–Crippen LogP) is 4.81. The van der Waals surface area contributed by atoms with E-state index in [4.69, 9.17) is 9.15 Å². The van der Waals surface area contributed by atoms with E-state index in [0.29, 0.717) is 29.3 Å². The van der Waals surface area contributed by atoms with Gasteiger partial charge in [-0.1, -0.05) is 30.3 Å². The molecule has 0 saturated carbocycles. The Labute approximate surface area is 157 Å². The number of furan rings is 1. The third-order valence-electron chi connectivity index (χ3n) is 4.74. The van der Waals surface area contributed by atoms with Gasteiger partial charge in [-0.25, -0.2) is 0 Å². The lowest BCUT2D eigenvalue weighted by molar-refractivity contribution is 0.0937. The Kier molecular flexibility index (Phi) is 4.36. The van der Waals surface area contributed by atoms with E-state index in [1.165, 1.54) is 0 Å². The molecule has 27 heavy (non-hydrogen) atoms. The van der Waals surface area contributed by atoms with E-state index in [2.05, 4.69) is 5.32 Å². The standard InChI is InChI=1S/C22H22N2O3/c1-4-26-19-11-7-8-15-12-20(27-21(15)19)14(2)23-22(25)17-13-24(3)18-10-6-5-9-16(17)18/h5-14H,4H2,1-3H3,(H,23,25)/t14-/m0/s1. The number of benzene rings is 2. The van der Waals surface area contributed by atoms with Crippen LogP contribution in [-0.4, -0.2) is 17.1 Å². The number of aromatic nitrogens is 1. The topological polar surface area (TPSA) is 56.4 Å². The van der Waals surface area contributed by atoms with Crippen LogP contribution in [-0.2, 0) is 7.05 Å². The Hall–Kier alpha value is -3.21. The average molecular weight is 362 g/mol. The van der Waals surface area contributed by atoms with Gasteiger partial charge in [0.15, 0.2) is 11.3 Å². The molecule has 0 unspecified atom stereocenters. The molecule has 0 spiro atoms. The van der Waals surface area contributed by atoms with Gasteiger partial charge in [0.1, 0.15) is 5.76 Å². The molecule has 4 rings (SSSR count). The number of amides is 1. The number of aryl methyl sites for hydroxylation is 1. The maximum Gasteiger partial charge on any atom is 0.254 e. The zero-order valence-corrected chi connectivity index (χ0v) is 15.7. The minimum Gasteiger partial charge on any atom is -0.490 e. The van der Waals surface area contributed by atoms with Crippen LogP contribution in [0.25, 0.3) is 21.9 Å². The van der Waals surface area contributed by atoms with Crippen molar-refractivity contribution in [1.82, 2.24) is 9.88 Å². The largest absolute Gasteiger partial charge is 0.490 e. The van der Waals surface area contributed by atoms with Gasteiger partial charge in [0, 0.05) is 29.5 Å². The molecule has 0 fully saturated rings. The molecule has 2 heterocycles. The van der Waals surface area contributed by atoms with E-state index in [-0.39, 0.29) is 11.9 Å². The lowest BCUT2D eigenvalue weighted by Gasteiger charge is -2.11. The van der Waals surface area contributed by atoms with Gasteiger partial charge in [-0.3, -0.25) is 4.79 Å². The highest BCUT2D eigenvalue weighted by molar-refractivity contribution is 6.07. The summed E-state index contributed by atoms with van der Waals surface area (Å²) in [6.07, 6.45) is 1.86. The molecular formula is C22H22N2O3. The molecule has 138 valence electrons. The fourth-order valence-electron chi connectivity index (χ4n) is 3.41. The molecular weight excluding hydrogens is 340 g/mol. The molecule has 0 aliphatic rings. The summed E-state index contributed by atoms with van der Waals surface area (Å²) < 4.78 is 13.6. The van der Waals surface area contributed by atoms with Crippen LogP contribution in [0.4, 0.5) is 0 Å². The van der Waals surface area contributed by atoms with Crippen LogP contribution in [0.15, 0.2) is 59.1 Å². The monoisotopic (exact) mass is 362 g/mol. The van der Waals surface area contributed by atoms with E-state index < -0.39 is 0 Å². The summed E-state index contributed by atoms with van der Waals surface area (Å²) >= 11 is 0. The van der Waals surface area contributed by atoms with E-state index >= 15 is 0 Å². The Morgan fingerprint density at radius 2 is 2.04 bits per heavy atom. The summed E-state index contributed by atoms with van der Waals surface area (Å²) in [5.41, 5.74) is 2.40. The first-order valence-corrected chi connectivity index (χ1v) is 9.08. The third kappa shape index (κ3) is 3.05. The van der Waals surface area contributed by atoms with Gasteiger partial charge in [-0.2, -0.15) is 0 Å². The molecule has 0 aliphatic carbocycles. The minimum atomic E-state index is -0.265. The number of ether oxygens (including phenoxy) is 1. The number of hydrogen-bond donors (Lipinski definition) is 1. The van der Waals surface area contributed by atoms with Crippen molar-refractivity contribution < 1.29 is 13.9 Å². The van der Waals surface area contributed by atoms with Crippen LogP contribution in [0.3, 0.4) is 0 Å². The molecule has 5 nitrogen and oxygen atoms in total. The highest BCUT2D eigenvalue weighted by Gasteiger charge is 2.19. The van der Waals surface area contributed by atoms with Gasteiger partial charge in [0.05, 0.1) is 18.2 Å². The van der Waals surface area contributed by atoms with Crippen LogP contribution >= 0.6 is 0 Å². The maximum atomic E-state index is 12.8. The summed E-state index contributed by atoms with van der Waals surface area (Å²) in [5.74, 6) is 1.30. The molecule has 2 aromatic heterocycles.